The maximum atomic E-state index is 12.1. The third-order valence-electron chi connectivity index (χ3n) is 4.01. The number of anilines is 1. The van der Waals surface area contributed by atoms with E-state index in [9.17, 15) is 9.59 Å². The SMILES string of the molecule is Cc1c(Cl)nc(C2CC2)nc1NC1CCC(=O)N(C)C1=O. The molecular weight excluding hydrogens is 292 g/mol. The Bertz CT molecular complexity index is 615. The number of amides is 2. The zero-order valence-corrected chi connectivity index (χ0v) is 12.8. The van der Waals surface area contributed by atoms with Gasteiger partial charge in [-0.3, -0.25) is 14.5 Å². The molecule has 3 rings (SSSR count). The van der Waals surface area contributed by atoms with E-state index < -0.39 is 6.04 Å². The molecule has 21 heavy (non-hydrogen) atoms. The first-order chi connectivity index (χ1) is 9.97. The molecule has 6 nitrogen and oxygen atoms in total. The van der Waals surface area contributed by atoms with Gasteiger partial charge in [0.2, 0.25) is 5.91 Å². The summed E-state index contributed by atoms with van der Waals surface area (Å²) in [4.78, 5) is 33.6. The molecule has 0 radical (unpaired) electrons. The van der Waals surface area contributed by atoms with Crippen molar-refractivity contribution in [1.29, 1.82) is 0 Å². The molecule has 0 aromatic carbocycles. The molecule has 1 saturated carbocycles. The molecule has 1 aromatic heterocycles. The third-order valence-corrected chi connectivity index (χ3v) is 4.37. The maximum Gasteiger partial charge on any atom is 0.251 e. The molecule has 1 atom stereocenters. The summed E-state index contributed by atoms with van der Waals surface area (Å²) in [6.45, 7) is 1.82. The number of nitrogens with zero attached hydrogens (tertiary/aromatic N) is 3. The van der Waals surface area contributed by atoms with Crippen LogP contribution in [0.4, 0.5) is 5.82 Å². The van der Waals surface area contributed by atoms with Crippen LogP contribution in [0.1, 0.15) is 43.0 Å². The number of nitrogens with one attached hydrogen (secondary N) is 1. The van der Waals surface area contributed by atoms with E-state index in [1.807, 2.05) is 6.92 Å². The predicted octanol–water partition coefficient (Wildman–Crippen LogP) is 1.88. The lowest BCUT2D eigenvalue weighted by atomic mass is 10.0. The van der Waals surface area contributed by atoms with E-state index in [-0.39, 0.29) is 11.8 Å². The lowest BCUT2D eigenvalue weighted by molar-refractivity contribution is -0.146. The van der Waals surface area contributed by atoms with Gasteiger partial charge in [-0.15, -0.1) is 0 Å². The first-order valence-corrected chi connectivity index (χ1v) is 7.46. The summed E-state index contributed by atoms with van der Waals surface area (Å²) in [5.74, 6) is 1.34. The summed E-state index contributed by atoms with van der Waals surface area (Å²) in [6, 6.07) is -0.440. The fourth-order valence-electron chi connectivity index (χ4n) is 2.38. The molecule has 1 unspecified atom stereocenters. The van der Waals surface area contributed by atoms with Gasteiger partial charge >= 0.3 is 0 Å². The first kappa shape index (κ1) is 14.3. The van der Waals surface area contributed by atoms with Crippen LogP contribution < -0.4 is 5.32 Å². The molecule has 0 bridgehead atoms. The van der Waals surface area contributed by atoms with Crippen molar-refractivity contribution < 1.29 is 9.59 Å². The van der Waals surface area contributed by atoms with Gasteiger partial charge in [-0.2, -0.15) is 0 Å². The molecular formula is C14H17ClN4O2. The number of likely N-dealkylation sites (N-methyl/N-ethyl adjacent to an activating group) is 1. The zero-order valence-electron chi connectivity index (χ0n) is 12.0. The van der Waals surface area contributed by atoms with Crippen LogP contribution in [0.25, 0.3) is 0 Å². The Kier molecular flexibility index (Phi) is 3.57. The molecule has 0 spiro atoms. The molecule has 2 amide bonds. The Labute approximate surface area is 127 Å². The maximum absolute atomic E-state index is 12.1. The summed E-state index contributed by atoms with van der Waals surface area (Å²) in [5.41, 5.74) is 0.730. The molecule has 2 fully saturated rings. The van der Waals surface area contributed by atoms with E-state index in [2.05, 4.69) is 15.3 Å². The second kappa shape index (κ2) is 5.26. The molecule has 1 aromatic rings. The average molecular weight is 309 g/mol. The van der Waals surface area contributed by atoms with Crippen molar-refractivity contribution in [3.63, 3.8) is 0 Å². The van der Waals surface area contributed by atoms with Gasteiger partial charge in [0.05, 0.1) is 0 Å². The van der Waals surface area contributed by atoms with E-state index in [0.717, 1.165) is 24.2 Å². The van der Waals surface area contributed by atoms with Gasteiger partial charge < -0.3 is 5.32 Å². The lowest BCUT2D eigenvalue weighted by Crippen LogP contribution is -2.48. The summed E-state index contributed by atoms with van der Waals surface area (Å²) in [7, 11) is 1.51. The predicted molar refractivity (Wildman–Crippen MR) is 78.2 cm³/mol. The van der Waals surface area contributed by atoms with Gasteiger partial charge in [-0.25, -0.2) is 9.97 Å². The van der Waals surface area contributed by atoms with E-state index in [4.69, 9.17) is 11.6 Å². The summed E-state index contributed by atoms with van der Waals surface area (Å²) in [6.07, 6.45) is 2.99. The second-order valence-electron chi connectivity index (χ2n) is 5.65. The number of hydrogen-bond acceptors (Lipinski definition) is 5. The van der Waals surface area contributed by atoms with Crippen molar-refractivity contribution in [2.75, 3.05) is 12.4 Å². The number of carbonyl (C=O) groups excluding carboxylic acids is 2. The van der Waals surface area contributed by atoms with Crippen molar-refractivity contribution in [2.24, 2.45) is 0 Å². The highest BCUT2D eigenvalue weighted by molar-refractivity contribution is 6.30. The minimum absolute atomic E-state index is 0.144. The topological polar surface area (TPSA) is 75.2 Å². The normalized spacial score (nSPS) is 22.6. The van der Waals surface area contributed by atoms with E-state index in [1.54, 1.807) is 0 Å². The van der Waals surface area contributed by atoms with Crippen LogP contribution in [0.15, 0.2) is 0 Å². The van der Waals surface area contributed by atoms with E-state index in [1.165, 1.54) is 11.9 Å². The van der Waals surface area contributed by atoms with Gasteiger partial charge in [0, 0.05) is 24.9 Å². The fraction of sp³-hybridized carbons (Fsp3) is 0.571. The Morgan fingerprint density at radius 3 is 2.62 bits per heavy atom. The van der Waals surface area contributed by atoms with Crippen LogP contribution in [0, 0.1) is 6.92 Å². The number of piperidine rings is 1. The van der Waals surface area contributed by atoms with Gasteiger partial charge in [0.1, 0.15) is 22.8 Å². The lowest BCUT2D eigenvalue weighted by Gasteiger charge is -2.29. The molecule has 7 heteroatoms. The zero-order chi connectivity index (χ0) is 15.1. The van der Waals surface area contributed by atoms with Crippen LogP contribution in [0.5, 0.6) is 0 Å². The summed E-state index contributed by atoms with van der Waals surface area (Å²) < 4.78 is 0. The largest absolute Gasteiger partial charge is 0.358 e. The average Bonchev–Trinajstić information content (AvgIpc) is 3.28. The highest BCUT2D eigenvalue weighted by atomic mass is 35.5. The molecule has 1 N–H and O–H groups in total. The fourth-order valence-corrected chi connectivity index (χ4v) is 2.56. The number of hydrogen-bond donors (Lipinski definition) is 1. The van der Waals surface area contributed by atoms with Crippen molar-refractivity contribution >= 4 is 29.2 Å². The molecule has 2 aliphatic rings. The quantitative estimate of drug-likeness (QED) is 0.681. The number of rotatable bonds is 3. The van der Waals surface area contributed by atoms with Crippen LogP contribution in [-0.4, -0.2) is 39.8 Å². The van der Waals surface area contributed by atoms with Crippen molar-refractivity contribution in [3.8, 4) is 0 Å². The van der Waals surface area contributed by atoms with Crippen molar-refractivity contribution in [1.82, 2.24) is 14.9 Å². The van der Waals surface area contributed by atoms with Gasteiger partial charge in [-0.05, 0) is 26.2 Å². The number of carbonyl (C=O) groups is 2. The van der Waals surface area contributed by atoms with E-state index >= 15 is 0 Å². The van der Waals surface area contributed by atoms with Gasteiger partial charge in [0.15, 0.2) is 0 Å². The second-order valence-corrected chi connectivity index (χ2v) is 6.01. The summed E-state index contributed by atoms with van der Waals surface area (Å²) >= 11 is 6.16. The molecule has 2 heterocycles. The Hall–Kier alpha value is -1.69. The monoisotopic (exact) mass is 308 g/mol. The standard InChI is InChI=1S/C14H17ClN4O2/c1-7-11(15)17-13(8-3-4-8)18-12(7)16-9-5-6-10(20)19(2)14(9)21/h8-9H,3-6H2,1-2H3,(H,16,17,18). The number of likely N-dealkylation sites (tertiary alicyclic amines) is 1. The third kappa shape index (κ3) is 2.72. The van der Waals surface area contributed by atoms with Gasteiger partial charge in [-0.1, -0.05) is 11.6 Å². The van der Waals surface area contributed by atoms with Gasteiger partial charge in [0.25, 0.3) is 5.91 Å². The number of halogens is 1. The highest BCUT2D eigenvalue weighted by Gasteiger charge is 2.33. The summed E-state index contributed by atoms with van der Waals surface area (Å²) in [5, 5.41) is 3.55. The number of aromatic nitrogens is 2. The minimum atomic E-state index is -0.440. The molecule has 1 aliphatic heterocycles. The Balaban J connectivity index is 1.84. The molecule has 1 saturated heterocycles. The molecule has 112 valence electrons. The van der Waals surface area contributed by atoms with Crippen molar-refractivity contribution in [2.45, 2.75) is 44.6 Å². The smallest absolute Gasteiger partial charge is 0.251 e. The Morgan fingerprint density at radius 1 is 1.24 bits per heavy atom. The van der Waals surface area contributed by atoms with Crippen LogP contribution in [0.3, 0.4) is 0 Å². The van der Waals surface area contributed by atoms with E-state index in [0.29, 0.717) is 29.7 Å². The highest BCUT2D eigenvalue weighted by Crippen LogP contribution is 2.39. The van der Waals surface area contributed by atoms with Crippen LogP contribution in [0.2, 0.25) is 5.15 Å². The van der Waals surface area contributed by atoms with Crippen LogP contribution in [-0.2, 0) is 9.59 Å². The minimum Gasteiger partial charge on any atom is -0.358 e. The Morgan fingerprint density at radius 2 is 1.95 bits per heavy atom. The van der Waals surface area contributed by atoms with Crippen LogP contribution >= 0.6 is 11.6 Å². The number of imide groups is 1. The van der Waals surface area contributed by atoms with Crippen molar-refractivity contribution in [3.05, 3.63) is 16.5 Å². The first-order valence-electron chi connectivity index (χ1n) is 7.08. The molecule has 1 aliphatic carbocycles.